The van der Waals surface area contributed by atoms with E-state index in [1.165, 1.54) is 11.6 Å². The number of rotatable bonds is 5. The zero-order valence-corrected chi connectivity index (χ0v) is 19.1. The number of halogens is 2. The normalized spacial score (nSPS) is 14.3. The molecule has 0 saturated carbocycles. The standard InChI is InChI=1S/C19H27N5O4.2ClH/c1-12-11-14(21-16-15(12)18(26)23(3)19(27)22(16)2)17(25)24-8-5-13(6-9-24)28-10-4-7-20;;/h11,13H,4-10,20H2,1-3H3;2*1H. The Kier molecular flexibility index (Phi) is 9.48. The van der Waals surface area contributed by atoms with E-state index in [0.29, 0.717) is 37.2 Å². The maximum atomic E-state index is 12.9. The van der Waals surface area contributed by atoms with Crippen molar-refractivity contribution in [1.82, 2.24) is 19.0 Å². The first-order valence-electron chi connectivity index (χ1n) is 9.53. The first kappa shape index (κ1) is 26.1. The molecule has 11 heteroatoms. The number of likely N-dealkylation sites (tertiary alicyclic amines) is 1. The summed E-state index contributed by atoms with van der Waals surface area (Å²) >= 11 is 0. The van der Waals surface area contributed by atoms with Crippen LogP contribution in [0.1, 0.15) is 35.3 Å². The Morgan fingerprint density at radius 3 is 2.43 bits per heavy atom. The smallest absolute Gasteiger partial charge is 0.332 e. The molecular formula is C19H29Cl2N5O4. The van der Waals surface area contributed by atoms with Gasteiger partial charge in [0.05, 0.1) is 11.5 Å². The number of hydrogen-bond donors (Lipinski definition) is 1. The highest BCUT2D eigenvalue weighted by molar-refractivity contribution is 5.95. The molecule has 168 valence electrons. The average molecular weight is 462 g/mol. The van der Waals surface area contributed by atoms with Gasteiger partial charge >= 0.3 is 5.69 Å². The van der Waals surface area contributed by atoms with Crippen LogP contribution in [0.25, 0.3) is 11.0 Å². The SMILES string of the molecule is Cc1cc(C(=O)N2CCC(OCCCN)CC2)nc2c1c(=O)n(C)c(=O)n2C.Cl.Cl. The summed E-state index contributed by atoms with van der Waals surface area (Å²) in [7, 11) is 2.98. The maximum Gasteiger partial charge on any atom is 0.332 e. The number of carbonyl (C=O) groups excluding carboxylic acids is 1. The fraction of sp³-hybridized carbons (Fsp3) is 0.579. The summed E-state index contributed by atoms with van der Waals surface area (Å²) in [5.41, 5.74) is 5.71. The van der Waals surface area contributed by atoms with Crippen LogP contribution in [0.5, 0.6) is 0 Å². The van der Waals surface area contributed by atoms with Gasteiger partial charge in [0.25, 0.3) is 11.5 Å². The fourth-order valence-electron chi connectivity index (χ4n) is 3.56. The first-order chi connectivity index (χ1) is 13.3. The fourth-order valence-corrected chi connectivity index (χ4v) is 3.56. The molecule has 1 amide bonds. The second kappa shape index (κ2) is 10.9. The van der Waals surface area contributed by atoms with E-state index in [1.54, 1.807) is 24.9 Å². The van der Waals surface area contributed by atoms with Gasteiger partial charge in [-0.05, 0) is 44.4 Å². The van der Waals surface area contributed by atoms with Crippen molar-refractivity contribution < 1.29 is 9.53 Å². The van der Waals surface area contributed by atoms with E-state index in [4.69, 9.17) is 10.5 Å². The van der Waals surface area contributed by atoms with Crippen LogP contribution in [0.3, 0.4) is 0 Å². The van der Waals surface area contributed by atoms with Crippen molar-refractivity contribution >= 4 is 41.8 Å². The Morgan fingerprint density at radius 1 is 1.20 bits per heavy atom. The summed E-state index contributed by atoms with van der Waals surface area (Å²) in [6.45, 7) is 4.17. The third-order valence-corrected chi connectivity index (χ3v) is 5.26. The van der Waals surface area contributed by atoms with Crippen molar-refractivity contribution in [1.29, 1.82) is 0 Å². The second-order valence-corrected chi connectivity index (χ2v) is 7.23. The van der Waals surface area contributed by atoms with Gasteiger partial charge in [0, 0.05) is 33.8 Å². The van der Waals surface area contributed by atoms with Crippen molar-refractivity contribution in [3.8, 4) is 0 Å². The summed E-state index contributed by atoms with van der Waals surface area (Å²) in [6.07, 6.45) is 2.51. The first-order valence-corrected chi connectivity index (χ1v) is 9.53. The molecule has 0 aromatic carbocycles. The van der Waals surface area contributed by atoms with E-state index in [-0.39, 0.29) is 48.2 Å². The van der Waals surface area contributed by atoms with Crippen molar-refractivity contribution in [3.05, 3.63) is 38.2 Å². The van der Waals surface area contributed by atoms with Gasteiger partial charge in [-0.2, -0.15) is 0 Å². The summed E-state index contributed by atoms with van der Waals surface area (Å²) < 4.78 is 8.13. The maximum absolute atomic E-state index is 12.9. The molecule has 0 bridgehead atoms. The summed E-state index contributed by atoms with van der Waals surface area (Å²) in [5.74, 6) is -0.196. The van der Waals surface area contributed by atoms with Gasteiger partial charge in [0.2, 0.25) is 0 Å². The molecule has 30 heavy (non-hydrogen) atoms. The van der Waals surface area contributed by atoms with Gasteiger partial charge < -0.3 is 15.4 Å². The summed E-state index contributed by atoms with van der Waals surface area (Å²) in [5, 5.41) is 0.355. The number of nitrogens with zero attached hydrogens (tertiary/aromatic N) is 4. The molecule has 2 aromatic rings. The molecule has 0 spiro atoms. The topological polar surface area (TPSA) is 112 Å². The third-order valence-electron chi connectivity index (χ3n) is 5.26. The molecule has 0 radical (unpaired) electrons. The summed E-state index contributed by atoms with van der Waals surface area (Å²) in [6, 6.07) is 1.63. The molecule has 1 saturated heterocycles. The van der Waals surface area contributed by atoms with E-state index in [0.717, 1.165) is 23.8 Å². The third kappa shape index (κ3) is 5.03. The number of nitrogens with two attached hydrogens (primary N) is 1. The largest absolute Gasteiger partial charge is 0.378 e. The lowest BCUT2D eigenvalue weighted by Gasteiger charge is -2.31. The highest BCUT2D eigenvalue weighted by Crippen LogP contribution is 2.18. The number of ether oxygens (including phenoxy) is 1. The molecule has 1 aliphatic rings. The van der Waals surface area contributed by atoms with E-state index in [9.17, 15) is 14.4 Å². The Balaban J connectivity index is 0.00000225. The molecule has 2 N–H and O–H groups in total. The highest BCUT2D eigenvalue weighted by Gasteiger charge is 2.26. The minimum atomic E-state index is -0.468. The van der Waals surface area contributed by atoms with Gasteiger partial charge in [-0.3, -0.25) is 18.7 Å². The zero-order valence-electron chi connectivity index (χ0n) is 17.4. The van der Waals surface area contributed by atoms with E-state index in [2.05, 4.69) is 4.98 Å². The minimum absolute atomic E-state index is 0. The molecular weight excluding hydrogens is 433 g/mol. The van der Waals surface area contributed by atoms with Crippen LogP contribution in [0.15, 0.2) is 15.7 Å². The highest BCUT2D eigenvalue weighted by atomic mass is 35.5. The molecule has 0 aliphatic carbocycles. The Labute approximate surface area is 187 Å². The Bertz CT molecular complexity index is 1010. The quantitative estimate of drug-likeness (QED) is 0.657. The Morgan fingerprint density at radius 2 is 1.83 bits per heavy atom. The number of pyridine rings is 1. The van der Waals surface area contributed by atoms with Crippen molar-refractivity contribution in [3.63, 3.8) is 0 Å². The number of aromatic nitrogens is 3. The van der Waals surface area contributed by atoms with Gasteiger partial charge in [-0.1, -0.05) is 0 Å². The van der Waals surface area contributed by atoms with E-state index in [1.807, 2.05) is 0 Å². The van der Waals surface area contributed by atoms with Crippen molar-refractivity contribution in [2.24, 2.45) is 19.8 Å². The van der Waals surface area contributed by atoms with Crippen LogP contribution >= 0.6 is 24.8 Å². The van der Waals surface area contributed by atoms with E-state index < -0.39 is 11.2 Å². The van der Waals surface area contributed by atoms with Gasteiger partial charge in [0.15, 0.2) is 0 Å². The molecule has 0 atom stereocenters. The Hall–Kier alpha value is -1.94. The average Bonchev–Trinajstić information content (AvgIpc) is 2.70. The van der Waals surface area contributed by atoms with Gasteiger partial charge in [-0.15, -0.1) is 24.8 Å². The van der Waals surface area contributed by atoms with Crippen LogP contribution in [-0.4, -0.2) is 57.3 Å². The van der Waals surface area contributed by atoms with Crippen molar-refractivity contribution in [2.45, 2.75) is 32.3 Å². The predicted molar refractivity (Wildman–Crippen MR) is 120 cm³/mol. The number of hydrogen-bond acceptors (Lipinski definition) is 6. The molecule has 3 rings (SSSR count). The van der Waals surface area contributed by atoms with Gasteiger partial charge in [-0.25, -0.2) is 9.78 Å². The number of carbonyl (C=O) groups is 1. The van der Waals surface area contributed by atoms with Crippen LogP contribution in [0, 0.1) is 6.92 Å². The second-order valence-electron chi connectivity index (χ2n) is 7.23. The van der Waals surface area contributed by atoms with Crippen LogP contribution in [0.4, 0.5) is 0 Å². The molecule has 9 nitrogen and oxygen atoms in total. The number of amides is 1. The van der Waals surface area contributed by atoms with Crippen molar-refractivity contribution in [2.75, 3.05) is 26.2 Å². The van der Waals surface area contributed by atoms with Crippen LogP contribution in [0.2, 0.25) is 0 Å². The number of piperidine rings is 1. The molecule has 3 heterocycles. The zero-order chi connectivity index (χ0) is 20.4. The molecule has 1 aliphatic heterocycles. The predicted octanol–water partition coefficient (Wildman–Crippen LogP) is 0.754. The summed E-state index contributed by atoms with van der Waals surface area (Å²) in [4.78, 5) is 43.7. The molecule has 2 aromatic heterocycles. The lowest BCUT2D eigenvalue weighted by molar-refractivity contribution is 0.00829. The number of fused-ring (bicyclic) bond motifs is 1. The molecule has 1 fully saturated rings. The molecule has 0 unspecified atom stereocenters. The lowest BCUT2D eigenvalue weighted by atomic mass is 10.1. The van der Waals surface area contributed by atoms with Crippen LogP contribution in [-0.2, 0) is 18.8 Å². The van der Waals surface area contributed by atoms with E-state index >= 15 is 0 Å². The minimum Gasteiger partial charge on any atom is -0.378 e. The number of aryl methyl sites for hydroxylation is 2. The lowest BCUT2D eigenvalue weighted by Crippen LogP contribution is -2.42. The van der Waals surface area contributed by atoms with Gasteiger partial charge in [0.1, 0.15) is 11.3 Å². The monoisotopic (exact) mass is 461 g/mol. The van der Waals surface area contributed by atoms with Crippen LogP contribution < -0.4 is 17.0 Å².